The minimum atomic E-state index is -1.34. The van der Waals surface area contributed by atoms with Gasteiger partial charge in [-0.25, -0.2) is 9.59 Å². The number of rotatable bonds is 16. The molecule has 1 aliphatic rings. The van der Waals surface area contributed by atoms with Crippen molar-refractivity contribution in [3.8, 4) is 22.6 Å². The molecule has 55 heavy (non-hydrogen) atoms. The number of fused-ring (bicyclic) bond motifs is 5. The Morgan fingerprint density at radius 2 is 1.58 bits per heavy atom. The second-order valence-electron chi connectivity index (χ2n) is 15.7. The highest BCUT2D eigenvalue weighted by molar-refractivity contribution is 5.95. The number of ether oxygens (including phenoxy) is 1. The van der Waals surface area contributed by atoms with Crippen LogP contribution in [0.3, 0.4) is 0 Å². The van der Waals surface area contributed by atoms with E-state index < -0.39 is 59.2 Å². The maximum absolute atomic E-state index is 14.5. The summed E-state index contributed by atoms with van der Waals surface area (Å²) in [5.41, 5.74) is 0.449. The molecule has 2 aromatic rings. The van der Waals surface area contributed by atoms with Gasteiger partial charge in [-0.2, -0.15) is 0 Å². The second-order valence-corrected chi connectivity index (χ2v) is 15.7. The molecular weight excluding hydrogens is 706 g/mol. The molecule has 1 unspecified atom stereocenters. The van der Waals surface area contributed by atoms with Crippen molar-refractivity contribution in [3.63, 3.8) is 0 Å². The summed E-state index contributed by atoms with van der Waals surface area (Å²) >= 11 is 0. The van der Waals surface area contributed by atoms with Gasteiger partial charge < -0.3 is 35.6 Å². The van der Waals surface area contributed by atoms with Crippen LogP contribution in [0.15, 0.2) is 36.4 Å². The fourth-order valence-corrected chi connectivity index (χ4v) is 6.80. The fraction of sp³-hybridized carbons (Fsp3) is 0.571. The topological polar surface area (TPSA) is 200 Å². The Hall–Kier alpha value is -4.94. The average Bonchev–Trinajstić information content (AvgIpc) is 3.10. The minimum Gasteiger partial charge on any atom is -0.507 e. The minimum absolute atomic E-state index is 0.0335. The lowest BCUT2D eigenvalue weighted by Crippen LogP contribution is -2.45. The number of hydrogen-bond acceptors (Lipinski definition) is 9. The van der Waals surface area contributed by atoms with E-state index in [1.807, 2.05) is 0 Å². The van der Waals surface area contributed by atoms with Crippen molar-refractivity contribution in [3.05, 3.63) is 47.5 Å². The summed E-state index contributed by atoms with van der Waals surface area (Å²) < 4.78 is 5.30. The highest BCUT2D eigenvalue weighted by Crippen LogP contribution is 2.39. The third-order valence-corrected chi connectivity index (χ3v) is 9.77. The second kappa shape index (κ2) is 20.7. The summed E-state index contributed by atoms with van der Waals surface area (Å²) in [5.74, 6) is -5.16. The predicted molar refractivity (Wildman–Crippen MR) is 207 cm³/mol. The standard InChI is InChI=1S/C42H59N3O10/c1-7-8-9-10-11-15-30(46)24-29(14-12-13-20-43-41(54)55-42(3,4)5)39(51)45(6)37-28-17-19-35(48)32(25-28)31-22-27(16-18-34(31)47)23-33(40(52)53)44-38(50)26(2)21-36(37)49/h16-19,22,25-26,29,33,37,47-48H,7-15,20-21,23-24H2,1-6H3,(H,43,54)(H,44,50)(H,52,53)/t26-,29-,33?,37+/m1/s1. The van der Waals surface area contributed by atoms with E-state index >= 15 is 0 Å². The maximum Gasteiger partial charge on any atom is 0.407 e. The summed E-state index contributed by atoms with van der Waals surface area (Å²) in [4.78, 5) is 80.8. The molecule has 0 spiro atoms. The number of carboxylic acids is 1. The Labute approximate surface area is 324 Å². The number of aliphatic carboxylic acids is 1. The van der Waals surface area contributed by atoms with Crippen LogP contribution in [0.4, 0.5) is 4.79 Å². The summed E-state index contributed by atoms with van der Waals surface area (Å²) in [5, 5.41) is 37.0. The molecule has 3 rings (SSSR count). The van der Waals surface area contributed by atoms with Crippen molar-refractivity contribution < 1.29 is 48.8 Å². The molecule has 0 saturated heterocycles. The molecule has 0 saturated carbocycles. The fourth-order valence-electron chi connectivity index (χ4n) is 6.80. The molecule has 0 fully saturated rings. The van der Waals surface area contributed by atoms with E-state index in [9.17, 15) is 44.1 Å². The van der Waals surface area contributed by atoms with E-state index in [-0.39, 0.29) is 47.7 Å². The zero-order valence-corrected chi connectivity index (χ0v) is 33.1. The molecule has 302 valence electrons. The summed E-state index contributed by atoms with van der Waals surface area (Å²) in [6.07, 6.45) is 5.37. The number of nitrogens with one attached hydrogen (secondary N) is 2. The monoisotopic (exact) mass is 765 g/mol. The van der Waals surface area contributed by atoms with E-state index in [0.717, 1.165) is 25.7 Å². The lowest BCUT2D eigenvalue weighted by Gasteiger charge is -2.32. The third-order valence-electron chi connectivity index (χ3n) is 9.77. The molecule has 13 nitrogen and oxygen atoms in total. The van der Waals surface area contributed by atoms with Crippen LogP contribution in [0.25, 0.3) is 11.1 Å². The maximum atomic E-state index is 14.5. The molecule has 4 bridgehead atoms. The number of phenols is 2. The van der Waals surface area contributed by atoms with Crippen molar-refractivity contribution in [2.45, 2.75) is 129 Å². The number of ketones is 2. The van der Waals surface area contributed by atoms with Crippen LogP contribution in [0.1, 0.15) is 122 Å². The quantitative estimate of drug-likeness (QED) is 0.116. The van der Waals surface area contributed by atoms with Gasteiger partial charge in [0, 0.05) is 62.2 Å². The van der Waals surface area contributed by atoms with E-state index in [0.29, 0.717) is 49.8 Å². The van der Waals surface area contributed by atoms with Crippen molar-refractivity contribution in [1.29, 1.82) is 0 Å². The summed E-state index contributed by atoms with van der Waals surface area (Å²) in [6, 6.07) is 6.16. The highest BCUT2D eigenvalue weighted by Gasteiger charge is 2.36. The first-order chi connectivity index (χ1) is 25.9. The number of aromatic hydroxyl groups is 2. The molecule has 0 radical (unpaired) electrons. The predicted octanol–water partition coefficient (Wildman–Crippen LogP) is 6.62. The third kappa shape index (κ3) is 13.7. The number of carbonyl (C=O) groups is 6. The van der Waals surface area contributed by atoms with Gasteiger partial charge in [-0.05, 0) is 75.4 Å². The Morgan fingerprint density at radius 3 is 2.24 bits per heavy atom. The van der Waals surface area contributed by atoms with E-state index in [1.54, 1.807) is 20.8 Å². The zero-order valence-electron chi connectivity index (χ0n) is 33.1. The van der Waals surface area contributed by atoms with Gasteiger partial charge in [0.25, 0.3) is 0 Å². The van der Waals surface area contributed by atoms with E-state index in [1.165, 1.54) is 55.3 Å². The van der Waals surface area contributed by atoms with Gasteiger partial charge in [0.15, 0.2) is 5.78 Å². The van der Waals surface area contributed by atoms with Gasteiger partial charge in [-0.15, -0.1) is 0 Å². The first-order valence-electron chi connectivity index (χ1n) is 19.4. The molecule has 2 aromatic carbocycles. The molecular formula is C42H59N3O10. The number of hydrogen-bond donors (Lipinski definition) is 5. The largest absolute Gasteiger partial charge is 0.507 e. The molecule has 5 N–H and O–H groups in total. The van der Waals surface area contributed by atoms with E-state index in [2.05, 4.69) is 17.6 Å². The number of amides is 3. The Morgan fingerprint density at radius 1 is 0.927 bits per heavy atom. The van der Waals surface area contributed by atoms with Crippen LogP contribution >= 0.6 is 0 Å². The van der Waals surface area contributed by atoms with Crippen molar-refractivity contribution >= 4 is 35.4 Å². The molecule has 0 aliphatic carbocycles. The van der Waals surface area contributed by atoms with Gasteiger partial charge in [-0.3, -0.25) is 19.2 Å². The smallest absolute Gasteiger partial charge is 0.407 e. The van der Waals surface area contributed by atoms with Crippen molar-refractivity contribution in [2.24, 2.45) is 11.8 Å². The number of unbranched alkanes of at least 4 members (excludes halogenated alkanes) is 5. The van der Waals surface area contributed by atoms with Crippen LogP contribution in [0.2, 0.25) is 0 Å². The molecule has 4 atom stereocenters. The summed E-state index contributed by atoms with van der Waals surface area (Å²) in [6.45, 7) is 9.21. The lowest BCUT2D eigenvalue weighted by molar-refractivity contribution is -0.144. The van der Waals surface area contributed by atoms with Crippen molar-refractivity contribution in [1.82, 2.24) is 15.5 Å². The molecule has 3 amide bonds. The van der Waals surface area contributed by atoms with Crippen LogP contribution in [0.5, 0.6) is 11.5 Å². The number of nitrogens with zero attached hydrogens (tertiary/aromatic N) is 1. The number of benzene rings is 2. The molecule has 1 heterocycles. The van der Waals surface area contributed by atoms with Gasteiger partial charge >= 0.3 is 12.1 Å². The normalized spacial score (nSPS) is 18.0. The SMILES string of the molecule is CCCCCCCC(=O)C[C@@H](CCCCNC(=O)OC(C)(C)C)C(=O)N(C)[C@@H]1C(=O)C[C@@H](C)C(=O)NC(C(=O)O)Cc2ccc(O)c(c2)-c2cc1ccc2O. The van der Waals surface area contributed by atoms with Crippen molar-refractivity contribution in [2.75, 3.05) is 13.6 Å². The van der Waals surface area contributed by atoms with E-state index in [4.69, 9.17) is 4.74 Å². The Balaban J connectivity index is 1.98. The zero-order chi connectivity index (χ0) is 40.9. The first kappa shape index (κ1) is 44.5. The number of carbonyl (C=O) groups excluding carboxylic acids is 5. The van der Waals surface area contributed by atoms with Gasteiger partial charge in [0.2, 0.25) is 11.8 Å². The number of Topliss-reactive ketones (excluding diaryl/α,β-unsaturated/α-hetero) is 2. The number of alkyl carbamates (subject to hydrolysis) is 1. The Bertz CT molecular complexity index is 1680. The molecule has 1 aliphatic heterocycles. The van der Waals surface area contributed by atoms with Crippen LogP contribution < -0.4 is 10.6 Å². The molecule has 13 heteroatoms. The lowest BCUT2D eigenvalue weighted by atomic mass is 9.88. The van der Waals surface area contributed by atoms with Crippen LogP contribution in [0, 0.1) is 11.8 Å². The number of likely N-dealkylation sites (N-methyl/N-ethyl adjacent to an activating group) is 1. The molecule has 0 aromatic heterocycles. The number of phenolic OH excluding ortho intramolecular Hbond substituents is 2. The Kier molecular flexibility index (Phi) is 16.7. The van der Waals surface area contributed by atoms with Crippen LogP contribution in [-0.2, 0) is 35.1 Å². The van der Waals surface area contributed by atoms with Gasteiger partial charge in [0.1, 0.15) is 35.0 Å². The average molecular weight is 766 g/mol. The summed E-state index contributed by atoms with van der Waals surface area (Å²) in [7, 11) is 1.47. The van der Waals surface area contributed by atoms with Gasteiger partial charge in [-0.1, -0.05) is 58.1 Å². The van der Waals surface area contributed by atoms with Gasteiger partial charge in [0.05, 0.1) is 0 Å². The first-order valence-corrected chi connectivity index (χ1v) is 19.4. The van der Waals surface area contributed by atoms with Crippen LogP contribution in [-0.4, -0.2) is 80.9 Å². The number of carboxylic acid groups (broad SMARTS) is 1. The highest BCUT2D eigenvalue weighted by atomic mass is 16.6.